The predicted molar refractivity (Wildman–Crippen MR) is 70.7 cm³/mol. The topological polar surface area (TPSA) is 48.5 Å². The Morgan fingerprint density at radius 1 is 1.00 bits per heavy atom. The van der Waals surface area contributed by atoms with E-state index in [1.165, 1.54) is 25.7 Å². The van der Waals surface area contributed by atoms with Crippen LogP contribution in [0.1, 0.15) is 45.4 Å². The average molecular weight is 267 g/mol. The maximum atomic E-state index is 10.1. The number of aliphatic hydroxyl groups excluding tert-OH is 1. The Morgan fingerprint density at radius 3 is 2.53 bits per heavy atom. The van der Waals surface area contributed by atoms with Crippen LogP contribution in [0, 0.1) is 5.92 Å². The number of rotatable bonds is 3. The first kappa shape index (κ1) is 12.6. The maximum absolute atomic E-state index is 10.1. The molecule has 0 aromatic rings. The molecular formula is C15H25NO3. The molecule has 108 valence electrons. The van der Waals surface area contributed by atoms with Gasteiger partial charge in [0.05, 0.1) is 18.3 Å². The number of nitrogens with zero attached hydrogens (tertiary/aromatic N) is 1. The normalized spacial score (nSPS) is 54.3. The lowest BCUT2D eigenvalue weighted by atomic mass is 9.84. The molecule has 0 amide bonds. The van der Waals surface area contributed by atoms with E-state index in [0.717, 1.165) is 19.4 Å². The van der Waals surface area contributed by atoms with Crippen LogP contribution in [0.5, 0.6) is 0 Å². The second-order valence-corrected chi connectivity index (χ2v) is 6.76. The molecule has 1 N–H and O–H groups in total. The molecule has 3 aliphatic heterocycles. The van der Waals surface area contributed by atoms with Crippen LogP contribution >= 0.6 is 0 Å². The van der Waals surface area contributed by atoms with Crippen LogP contribution < -0.4 is 0 Å². The van der Waals surface area contributed by atoms with Gasteiger partial charge in [0, 0.05) is 18.5 Å². The molecule has 0 spiro atoms. The molecule has 0 radical (unpaired) electrons. The van der Waals surface area contributed by atoms with Gasteiger partial charge in [0.15, 0.2) is 0 Å². The fourth-order valence-electron chi connectivity index (χ4n) is 4.31. The Labute approximate surface area is 115 Å². The smallest absolute Gasteiger partial charge is 0.138 e. The van der Waals surface area contributed by atoms with Gasteiger partial charge in [-0.05, 0) is 32.6 Å². The van der Waals surface area contributed by atoms with Crippen LogP contribution in [0.15, 0.2) is 0 Å². The van der Waals surface area contributed by atoms with Crippen molar-refractivity contribution in [3.8, 4) is 0 Å². The molecule has 0 aromatic heterocycles. The largest absolute Gasteiger partial charge is 0.393 e. The fourth-order valence-corrected chi connectivity index (χ4v) is 4.31. The van der Waals surface area contributed by atoms with Crippen LogP contribution in [-0.2, 0) is 9.47 Å². The second kappa shape index (κ2) is 4.69. The Bertz CT molecular complexity index is 350. The van der Waals surface area contributed by atoms with Gasteiger partial charge in [-0.1, -0.05) is 12.8 Å². The zero-order valence-electron chi connectivity index (χ0n) is 11.7. The standard InChI is InChI=1S/C15H25NO3/c1-9-13(18-9)11-6-4-8-16(11)15-14(19-15)10-5-2-3-7-12(10)17/h9-15,17H,2-8H2,1H3. The molecule has 7 atom stereocenters. The summed E-state index contributed by atoms with van der Waals surface area (Å²) in [6.07, 6.45) is 8.31. The van der Waals surface area contributed by atoms with Crippen molar-refractivity contribution in [3.05, 3.63) is 0 Å². The molecule has 3 saturated heterocycles. The summed E-state index contributed by atoms with van der Waals surface area (Å²) in [6, 6.07) is 0.561. The van der Waals surface area contributed by atoms with Gasteiger partial charge in [0.1, 0.15) is 12.3 Å². The molecule has 0 bridgehead atoms. The van der Waals surface area contributed by atoms with Gasteiger partial charge in [-0.2, -0.15) is 0 Å². The van der Waals surface area contributed by atoms with E-state index >= 15 is 0 Å². The summed E-state index contributed by atoms with van der Waals surface area (Å²) in [6.45, 7) is 3.30. The van der Waals surface area contributed by atoms with Gasteiger partial charge < -0.3 is 14.6 Å². The monoisotopic (exact) mass is 267 g/mol. The molecule has 4 heteroatoms. The van der Waals surface area contributed by atoms with Gasteiger partial charge in [-0.25, -0.2) is 0 Å². The Kier molecular flexibility index (Phi) is 3.10. The third-order valence-corrected chi connectivity index (χ3v) is 5.51. The van der Waals surface area contributed by atoms with E-state index in [1.54, 1.807) is 0 Å². The van der Waals surface area contributed by atoms with Gasteiger partial charge in [0.25, 0.3) is 0 Å². The summed E-state index contributed by atoms with van der Waals surface area (Å²) in [5, 5.41) is 10.1. The van der Waals surface area contributed by atoms with Gasteiger partial charge in [-0.3, -0.25) is 4.90 Å². The van der Waals surface area contributed by atoms with Gasteiger partial charge in [-0.15, -0.1) is 0 Å². The highest BCUT2D eigenvalue weighted by Crippen LogP contribution is 2.44. The molecule has 1 saturated carbocycles. The van der Waals surface area contributed by atoms with E-state index in [4.69, 9.17) is 9.47 Å². The van der Waals surface area contributed by atoms with Gasteiger partial charge >= 0.3 is 0 Å². The van der Waals surface area contributed by atoms with Gasteiger partial charge in [0.2, 0.25) is 0 Å². The molecular weight excluding hydrogens is 242 g/mol. The number of hydrogen-bond donors (Lipinski definition) is 1. The predicted octanol–water partition coefficient (Wildman–Crippen LogP) is 1.51. The lowest BCUT2D eigenvalue weighted by Crippen LogP contribution is -2.40. The average Bonchev–Trinajstić information content (AvgIpc) is 3.30. The molecule has 4 nitrogen and oxygen atoms in total. The summed E-state index contributed by atoms with van der Waals surface area (Å²) >= 11 is 0. The van der Waals surface area contributed by atoms with Crippen molar-refractivity contribution in [3.63, 3.8) is 0 Å². The summed E-state index contributed by atoms with van der Waals surface area (Å²) in [7, 11) is 0. The first-order chi connectivity index (χ1) is 9.25. The summed E-state index contributed by atoms with van der Waals surface area (Å²) < 4.78 is 11.6. The molecule has 4 aliphatic rings. The minimum Gasteiger partial charge on any atom is -0.393 e. The zero-order chi connectivity index (χ0) is 13.0. The van der Waals surface area contributed by atoms with Crippen LogP contribution in [0.3, 0.4) is 0 Å². The third kappa shape index (κ3) is 2.23. The van der Waals surface area contributed by atoms with Crippen LogP contribution in [0.25, 0.3) is 0 Å². The molecule has 7 unspecified atom stereocenters. The number of aliphatic hydroxyl groups is 1. The van der Waals surface area contributed by atoms with Crippen molar-refractivity contribution in [1.82, 2.24) is 4.90 Å². The van der Waals surface area contributed by atoms with Crippen LogP contribution in [-0.4, -0.2) is 53.2 Å². The van der Waals surface area contributed by atoms with Crippen molar-refractivity contribution < 1.29 is 14.6 Å². The van der Waals surface area contributed by atoms with E-state index in [2.05, 4.69) is 11.8 Å². The maximum Gasteiger partial charge on any atom is 0.138 e. The highest BCUT2D eigenvalue weighted by Gasteiger charge is 2.56. The van der Waals surface area contributed by atoms with Crippen molar-refractivity contribution in [2.24, 2.45) is 5.92 Å². The first-order valence-electron chi connectivity index (χ1n) is 8.00. The Morgan fingerprint density at radius 2 is 1.79 bits per heavy atom. The minimum atomic E-state index is -0.138. The zero-order valence-corrected chi connectivity index (χ0v) is 11.7. The van der Waals surface area contributed by atoms with Crippen molar-refractivity contribution >= 4 is 0 Å². The SMILES string of the molecule is CC1OC1C1CCCN1C1OC1C1CCCCC1O. The number of epoxide rings is 2. The lowest BCUT2D eigenvalue weighted by molar-refractivity contribution is 0.0538. The minimum absolute atomic E-state index is 0.138. The number of ether oxygens (including phenoxy) is 2. The van der Waals surface area contributed by atoms with E-state index in [9.17, 15) is 5.11 Å². The molecule has 19 heavy (non-hydrogen) atoms. The van der Waals surface area contributed by atoms with Crippen LogP contribution in [0.2, 0.25) is 0 Å². The highest BCUT2D eigenvalue weighted by molar-refractivity contribution is 5.03. The summed E-state index contributed by atoms with van der Waals surface area (Å²) in [5.41, 5.74) is 0. The molecule has 4 rings (SSSR count). The van der Waals surface area contributed by atoms with E-state index < -0.39 is 0 Å². The van der Waals surface area contributed by atoms with Crippen molar-refractivity contribution in [2.75, 3.05) is 6.54 Å². The first-order valence-corrected chi connectivity index (χ1v) is 8.00. The van der Waals surface area contributed by atoms with E-state index in [1.807, 2.05) is 0 Å². The number of likely N-dealkylation sites (tertiary alicyclic amines) is 1. The van der Waals surface area contributed by atoms with E-state index in [0.29, 0.717) is 24.2 Å². The third-order valence-electron chi connectivity index (χ3n) is 5.51. The molecule has 0 aromatic carbocycles. The molecule has 3 heterocycles. The second-order valence-electron chi connectivity index (χ2n) is 6.76. The van der Waals surface area contributed by atoms with Crippen molar-refractivity contribution in [1.29, 1.82) is 0 Å². The summed E-state index contributed by atoms with van der Waals surface area (Å²) in [4.78, 5) is 2.51. The van der Waals surface area contributed by atoms with Crippen molar-refractivity contribution in [2.45, 2.75) is 82.1 Å². The highest BCUT2D eigenvalue weighted by atomic mass is 16.6. The van der Waals surface area contributed by atoms with Crippen LogP contribution in [0.4, 0.5) is 0 Å². The quantitative estimate of drug-likeness (QED) is 0.788. The molecule has 4 fully saturated rings. The number of hydrogen-bond acceptors (Lipinski definition) is 4. The molecule has 1 aliphatic carbocycles. The Balaban J connectivity index is 1.38. The Hall–Kier alpha value is -0.160. The summed E-state index contributed by atoms with van der Waals surface area (Å²) in [5.74, 6) is 0.373. The fraction of sp³-hybridized carbons (Fsp3) is 1.00. The van der Waals surface area contributed by atoms with E-state index in [-0.39, 0.29) is 18.4 Å². The lowest BCUT2D eigenvalue weighted by Gasteiger charge is -2.27.